The zero-order valence-corrected chi connectivity index (χ0v) is 23.2. The molecule has 0 saturated heterocycles. The Labute approximate surface area is 247 Å². The smallest absolute Gasteiger partial charge is 0.138 e. The van der Waals surface area contributed by atoms with Crippen LogP contribution in [0.4, 0.5) is 34.4 Å². The molecule has 0 aliphatic carbocycles. The number of rotatable bonds is 9. The first kappa shape index (κ1) is 26.5. The van der Waals surface area contributed by atoms with Crippen LogP contribution in [0.2, 0.25) is 0 Å². The van der Waals surface area contributed by atoms with Crippen LogP contribution in [-0.4, -0.2) is 9.97 Å². The molecule has 0 amide bonds. The van der Waals surface area contributed by atoms with E-state index in [1.165, 1.54) is 0 Å². The fraction of sp³-hybridized carbons (Fsp3) is 0. The van der Waals surface area contributed by atoms with E-state index < -0.39 is 0 Å². The summed E-state index contributed by atoms with van der Waals surface area (Å²) >= 11 is 0. The Kier molecular flexibility index (Phi) is 7.69. The molecule has 0 unspecified atom stereocenters. The molecule has 0 fully saturated rings. The highest BCUT2D eigenvalue weighted by atomic mass is 15.2. The van der Waals surface area contributed by atoms with E-state index >= 15 is 0 Å². The van der Waals surface area contributed by atoms with Crippen molar-refractivity contribution in [3.8, 4) is 11.1 Å². The fourth-order valence-electron chi connectivity index (χ4n) is 4.94. The van der Waals surface area contributed by atoms with Gasteiger partial charge in [-0.15, -0.1) is 0 Å². The molecule has 0 spiro atoms. The molecule has 2 heterocycles. The van der Waals surface area contributed by atoms with Crippen molar-refractivity contribution in [3.63, 3.8) is 0 Å². The van der Waals surface area contributed by atoms with E-state index in [1.807, 2.05) is 72.8 Å². The summed E-state index contributed by atoms with van der Waals surface area (Å²) in [4.78, 5) is 13.9. The Morgan fingerprint density at radius 2 is 0.738 bits per heavy atom. The monoisotopic (exact) mass is 542 g/mol. The fourth-order valence-corrected chi connectivity index (χ4v) is 4.94. The van der Waals surface area contributed by atoms with Gasteiger partial charge in [0, 0.05) is 22.7 Å². The van der Waals surface area contributed by atoms with Gasteiger partial charge in [0.2, 0.25) is 0 Å². The van der Waals surface area contributed by atoms with E-state index in [0.29, 0.717) is 0 Å². The lowest BCUT2D eigenvalue weighted by atomic mass is 10.0. The van der Waals surface area contributed by atoms with Crippen molar-refractivity contribution in [2.75, 3.05) is 9.80 Å². The molecule has 4 nitrogen and oxygen atoms in total. The van der Waals surface area contributed by atoms with Crippen LogP contribution in [-0.2, 0) is 0 Å². The van der Waals surface area contributed by atoms with Crippen molar-refractivity contribution in [2.24, 2.45) is 0 Å². The highest BCUT2D eigenvalue weighted by Crippen LogP contribution is 2.37. The molecule has 0 bridgehead atoms. The van der Waals surface area contributed by atoms with Gasteiger partial charge in [0.25, 0.3) is 0 Å². The van der Waals surface area contributed by atoms with Gasteiger partial charge < -0.3 is 0 Å². The summed E-state index contributed by atoms with van der Waals surface area (Å²) in [7, 11) is 0. The zero-order valence-electron chi connectivity index (χ0n) is 23.2. The Hall–Kier alpha value is -5.74. The molecule has 4 heteroatoms. The lowest BCUT2D eigenvalue weighted by molar-refractivity contribution is 1.17. The van der Waals surface area contributed by atoms with E-state index in [0.717, 1.165) is 56.9 Å². The maximum Gasteiger partial charge on any atom is 0.138 e. The molecule has 42 heavy (non-hydrogen) atoms. The van der Waals surface area contributed by atoms with E-state index in [1.54, 1.807) is 12.2 Å². The van der Waals surface area contributed by atoms with Crippen molar-refractivity contribution in [2.45, 2.75) is 0 Å². The third-order valence-corrected chi connectivity index (χ3v) is 7.00. The van der Waals surface area contributed by atoms with Crippen LogP contribution in [0, 0.1) is 0 Å². The third-order valence-electron chi connectivity index (χ3n) is 7.00. The number of benzene rings is 4. The minimum Gasteiger partial charge on any atom is -0.295 e. The number of hydrogen-bond acceptors (Lipinski definition) is 4. The summed E-state index contributed by atoms with van der Waals surface area (Å²) in [5, 5.41) is 0. The Morgan fingerprint density at radius 3 is 1.10 bits per heavy atom. The van der Waals surface area contributed by atoms with E-state index in [-0.39, 0.29) is 0 Å². The number of nitrogens with zero attached hydrogens (tertiary/aromatic N) is 4. The van der Waals surface area contributed by atoms with Crippen molar-refractivity contribution in [1.29, 1.82) is 0 Å². The molecule has 2 aromatic heterocycles. The molecule has 6 aromatic rings. The zero-order chi connectivity index (χ0) is 28.7. The van der Waals surface area contributed by atoms with Crippen molar-refractivity contribution < 1.29 is 0 Å². The predicted molar refractivity (Wildman–Crippen MR) is 177 cm³/mol. The summed E-state index contributed by atoms with van der Waals surface area (Å²) < 4.78 is 0. The molecule has 0 atom stereocenters. The normalized spacial score (nSPS) is 10.6. The SMILES string of the molecule is C=Cc1cccc(N(c2ccccc2)c2ccc(-c3ccc(N(c4ccccc4)c4cccc(C=C)n4)cc3)cc2)n1. The van der Waals surface area contributed by atoms with Crippen LogP contribution in [0.3, 0.4) is 0 Å². The Bertz CT molecular complexity index is 1660. The van der Waals surface area contributed by atoms with Crippen LogP contribution >= 0.6 is 0 Å². The lowest BCUT2D eigenvalue weighted by Crippen LogP contribution is -2.12. The van der Waals surface area contributed by atoms with Crippen LogP contribution in [0.15, 0.2) is 159 Å². The molecule has 0 radical (unpaired) electrons. The van der Waals surface area contributed by atoms with Crippen molar-refractivity contribution in [1.82, 2.24) is 9.97 Å². The minimum absolute atomic E-state index is 0.834. The molecule has 202 valence electrons. The Morgan fingerprint density at radius 1 is 0.381 bits per heavy atom. The highest BCUT2D eigenvalue weighted by Gasteiger charge is 2.16. The van der Waals surface area contributed by atoms with Gasteiger partial charge in [-0.25, -0.2) is 9.97 Å². The Balaban J connectivity index is 1.33. The summed E-state index contributed by atoms with van der Waals surface area (Å²) in [5.74, 6) is 1.68. The van der Waals surface area contributed by atoms with Crippen LogP contribution in [0.1, 0.15) is 11.4 Å². The van der Waals surface area contributed by atoms with E-state index in [9.17, 15) is 0 Å². The van der Waals surface area contributed by atoms with Crippen molar-refractivity contribution >= 4 is 46.5 Å². The second kappa shape index (κ2) is 12.2. The molecule has 6 rings (SSSR count). The number of anilines is 6. The molecular weight excluding hydrogens is 512 g/mol. The third kappa shape index (κ3) is 5.60. The first-order chi connectivity index (χ1) is 20.7. The standard InChI is InChI=1S/C38H30N4/c1-3-31-13-11-19-37(39-31)41(33-15-7-5-8-16-33)35-25-21-29(22-26-35)30-23-27-36(28-24-30)42(34-17-9-6-10-18-34)38-20-12-14-32(4-2)40-38/h3-28H,1-2H2. The molecule has 0 aliphatic heterocycles. The summed E-state index contributed by atoms with van der Waals surface area (Å²) in [6.07, 6.45) is 3.54. The van der Waals surface area contributed by atoms with Gasteiger partial charge in [0.1, 0.15) is 11.6 Å². The number of pyridine rings is 2. The maximum absolute atomic E-state index is 4.80. The van der Waals surface area contributed by atoms with Crippen LogP contribution in [0.25, 0.3) is 23.3 Å². The minimum atomic E-state index is 0.834. The first-order valence-corrected chi connectivity index (χ1v) is 13.8. The number of para-hydroxylation sites is 2. The van der Waals surface area contributed by atoms with Gasteiger partial charge in [0.05, 0.1) is 11.4 Å². The summed E-state index contributed by atoms with van der Waals surface area (Å²) in [6.45, 7) is 7.78. The van der Waals surface area contributed by atoms with Crippen molar-refractivity contribution in [3.05, 3.63) is 170 Å². The second-order valence-electron chi connectivity index (χ2n) is 9.69. The number of aromatic nitrogens is 2. The van der Waals surface area contributed by atoms with Gasteiger partial charge in [-0.2, -0.15) is 0 Å². The first-order valence-electron chi connectivity index (χ1n) is 13.8. The summed E-state index contributed by atoms with van der Waals surface area (Å²) in [6, 6.07) is 49.7. The van der Waals surface area contributed by atoms with Gasteiger partial charge in [0.15, 0.2) is 0 Å². The van der Waals surface area contributed by atoms with E-state index in [2.05, 4.69) is 95.8 Å². The molecular formula is C38H30N4. The van der Waals surface area contributed by atoms with Gasteiger partial charge >= 0.3 is 0 Å². The lowest BCUT2D eigenvalue weighted by Gasteiger charge is -2.25. The average Bonchev–Trinajstić information content (AvgIpc) is 3.07. The molecule has 0 saturated carbocycles. The topological polar surface area (TPSA) is 32.3 Å². The molecule has 0 N–H and O–H groups in total. The maximum atomic E-state index is 4.80. The largest absolute Gasteiger partial charge is 0.295 e. The highest BCUT2D eigenvalue weighted by molar-refractivity contribution is 5.79. The van der Waals surface area contributed by atoms with Gasteiger partial charge in [-0.1, -0.05) is 86.0 Å². The predicted octanol–water partition coefficient (Wildman–Crippen LogP) is 10.4. The number of hydrogen-bond donors (Lipinski definition) is 0. The van der Waals surface area contributed by atoms with E-state index in [4.69, 9.17) is 9.97 Å². The summed E-state index contributed by atoms with van der Waals surface area (Å²) in [5.41, 5.74) is 8.06. The average molecular weight is 543 g/mol. The quantitative estimate of drug-likeness (QED) is 0.182. The van der Waals surface area contributed by atoms with Gasteiger partial charge in [-0.05, 0) is 96.1 Å². The van der Waals surface area contributed by atoms with Crippen LogP contribution < -0.4 is 9.80 Å². The van der Waals surface area contributed by atoms with Crippen LogP contribution in [0.5, 0.6) is 0 Å². The molecule has 0 aliphatic rings. The van der Waals surface area contributed by atoms with Gasteiger partial charge in [-0.3, -0.25) is 9.80 Å². The molecule has 4 aromatic carbocycles. The second-order valence-corrected chi connectivity index (χ2v) is 9.69.